The number of nitrogen functional groups attached to an aromatic ring is 1. The van der Waals surface area contributed by atoms with Gasteiger partial charge in [0.25, 0.3) is 0 Å². The second-order valence-corrected chi connectivity index (χ2v) is 3.98. The van der Waals surface area contributed by atoms with Crippen molar-refractivity contribution in [1.82, 2.24) is 0 Å². The molecule has 0 amide bonds. The molecule has 2 rings (SSSR count). The second kappa shape index (κ2) is 3.72. The minimum Gasteiger partial charge on any atom is -0.399 e. The molecule has 0 saturated carbocycles. The highest BCUT2D eigenvalue weighted by Gasteiger charge is 2.04. The maximum atomic E-state index is 5.77. The highest BCUT2D eigenvalue weighted by Crippen LogP contribution is 2.32. The largest absolute Gasteiger partial charge is 0.399 e. The summed E-state index contributed by atoms with van der Waals surface area (Å²) in [4.78, 5) is 1.24. The maximum Gasteiger partial charge on any atom is 0.0427 e. The van der Waals surface area contributed by atoms with Gasteiger partial charge in [-0.15, -0.1) is 11.3 Å². The van der Waals surface area contributed by atoms with Gasteiger partial charge in [0.2, 0.25) is 0 Å². The number of hydrogen-bond acceptors (Lipinski definition) is 3. The summed E-state index contributed by atoms with van der Waals surface area (Å²) in [6, 6.07) is 10.0. The topological polar surface area (TPSA) is 38.0 Å². The van der Waals surface area contributed by atoms with E-state index in [0.717, 1.165) is 11.4 Å². The summed E-state index contributed by atoms with van der Waals surface area (Å²) in [6.45, 7) is 0. The van der Waals surface area contributed by atoms with E-state index >= 15 is 0 Å². The van der Waals surface area contributed by atoms with E-state index in [2.05, 4.69) is 16.8 Å². The minimum atomic E-state index is 0.799. The lowest BCUT2D eigenvalue weighted by Gasteiger charge is -2.07. The van der Waals surface area contributed by atoms with Crippen molar-refractivity contribution in [2.45, 2.75) is 0 Å². The van der Waals surface area contributed by atoms with Gasteiger partial charge in [0.05, 0.1) is 0 Å². The lowest BCUT2D eigenvalue weighted by molar-refractivity contribution is 1.51. The lowest BCUT2D eigenvalue weighted by atomic mass is 10.1. The van der Waals surface area contributed by atoms with Gasteiger partial charge in [-0.05, 0) is 29.6 Å². The maximum absolute atomic E-state index is 5.77. The Morgan fingerprint density at radius 2 is 2.14 bits per heavy atom. The van der Waals surface area contributed by atoms with Gasteiger partial charge in [-0.1, -0.05) is 6.07 Å². The summed E-state index contributed by atoms with van der Waals surface area (Å²) in [5, 5.41) is 5.23. The zero-order valence-corrected chi connectivity index (χ0v) is 8.77. The van der Waals surface area contributed by atoms with Crippen LogP contribution in [0.2, 0.25) is 0 Å². The monoisotopic (exact) mass is 204 g/mol. The standard InChI is InChI=1S/C11H12N2S/c1-13-10-5-4-8(12)7-9(10)11-3-2-6-14-11/h2-7,13H,12H2,1H3. The number of benzene rings is 1. The fourth-order valence-electron chi connectivity index (χ4n) is 1.42. The number of thiophene rings is 1. The van der Waals surface area contributed by atoms with Crippen molar-refractivity contribution in [2.24, 2.45) is 0 Å². The minimum absolute atomic E-state index is 0.799. The highest BCUT2D eigenvalue weighted by atomic mass is 32.1. The molecule has 0 radical (unpaired) electrons. The van der Waals surface area contributed by atoms with Crippen LogP contribution >= 0.6 is 11.3 Å². The molecule has 1 heterocycles. The second-order valence-electron chi connectivity index (χ2n) is 3.03. The highest BCUT2D eigenvalue weighted by molar-refractivity contribution is 7.13. The van der Waals surface area contributed by atoms with E-state index < -0.39 is 0 Å². The molecule has 0 aliphatic heterocycles. The predicted molar refractivity (Wildman–Crippen MR) is 63.7 cm³/mol. The summed E-state index contributed by atoms with van der Waals surface area (Å²) >= 11 is 1.72. The molecule has 1 aromatic heterocycles. The van der Waals surface area contributed by atoms with Crippen molar-refractivity contribution in [3.63, 3.8) is 0 Å². The summed E-state index contributed by atoms with van der Waals surface area (Å²) in [5.74, 6) is 0. The molecule has 72 valence electrons. The number of nitrogens with two attached hydrogens (primary N) is 1. The Bertz CT molecular complexity index is 421. The van der Waals surface area contributed by atoms with Crippen LogP contribution in [-0.4, -0.2) is 7.05 Å². The molecule has 2 nitrogen and oxygen atoms in total. The first kappa shape index (κ1) is 9.09. The van der Waals surface area contributed by atoms with E-state index in [1.807, 2.05) is 31.3 Å². The summed E-state index contributed by atoms with van der Waals surface area (Å²) in [5.41, 5.74) is 8.85. The molecule has 0 spiro atoms. The number of hydrogen-bond donors (Lipinski definition) is 2. The van der Waals surface area contributed by atoms with Crippen LogP contribution in [0.15, 0.2) is 35.7 Å². The molecule has 0 aliphatic carbocycles. The molecule has 0 unspecified atom stereocenters. The van der Waals surface area contributed by atoms with Crippen molar-refractivity contribution < 1.29 is 0 Å². The van der Waals surface area contributed by atoms with Gasteiger partial charge < -0.3 is 11.1 Å². The Labute approximate surface area is 87.4 Å². The first-order valence-electron chi connectivity index (χ1n) is 4.42. The van der Waals surface area contributed by atoms with Gasteiger partial charge in [0, 0.05) is 28.9 Å². The normalized spacial score (nSPS) is 10.1. The van der Waals surface area contributed by atoms with Gasteiger partial charge in [-0.25, -0.2) is 0 Å². The molecular formula is C11H12N2S. The van der Waals surface area contributed by atoms with E-state index in [-0.39, 0.29) is 0 Å². The van der Waals surface area contributed by atoms with Crippen molar-refractivity contribution in [1.29, 1.82) is 0 Å². The zero-order valence-electron chi connectivity index (χ0n) is 7.95. The van der Waals surface area contributed by atoms with Crippen LogP contribution in [0.25, 0.3) is 10.4 Å². The molecule has 0 aliphatic rings. The average Bonchev–Trinajstić information content (AvgIpc) is 2.70. The molecule has 1 aromatic carbocycles. The first-order chi connectivity index (χ1) is 6.81. The van der Waals surface area contributed by atoms with Crippen molar-refractivity contribution >= 4 is 22.7 Å². The van der Waals surface area contributed by atoms with Crippen molar-refractivity contribution in [3.8, 4) is 10.4 Å². The number of anilines is 2. The quantitative estimate of drug-likeness (QED) is 0.738. The van der Waals surface area contributed by atoms with E-state index in [0.29, 0.717) is 0 Å². The summed E-state index contributed by atoms with van der Waals surface area (Å²) < 4.78 is 0. The van der Waals surface area contributed by atoms with Gasteiger partial charge in [-0.3, -0.25) is 0 Å². The molecule has 0 fully saturated rings. The first-order valence-corrected chi connectivity index (χ1v) is 5.30. The molecule has 3 heteroatoms. The zero-order chi connectivity index (χ0) is 9.97. The molecular weight excluding hydrogens is 192 g/mol. The molecule has 0 bridgehead atoms. The molecule has 0 saturated heterocycles. The third-order valence-corrected chi connectivity index (χ3v) is 3.00. The Hall–Kier alpha value is -1.48. The Morgan fingerprint density at radius 3 is 2.79 bits per heavy atom. The van der Waals surface area contributed by atoms with Crippen LogP contribution in [0, 0.1) is 0 Å². The SMILES string of the molecule is CNc1ccc(N)cc1-c1cccs1. The predicted octanol–water partition coefficient (Wildman–Crippen LogP) is 3.04. The van der Waals surface area contributed by atoms with Crippen LogP contribution in [0.5, 0.6) is 0 Å². The van der Waals surface area contributed by atoms with Crippen LogP contribution in [0.3, 0.4) is 0 Å². The summed E-state index contributed by atoms with van der Waals surface area (Å²) in [6.07, 6.45) is 0. The Kier molecular flexibility index (Phi) is 2.41. The lowest BCUT2D eigenvalue weighted by Crippen LogP contribution is -1.93. The van der Waals surface area contributed by atoms with Crippen LogP contribution < -0.4 is 11.1 Å². The smallest absolute Gasteiger partial charge is 0.0427 e. The molecule has 0 atom stereocenters. The van der Waals surface area contributed by atoms with Crippen LogP contribution in [0.1, 0.15) is 0 Å². The van der Waals surface area contributed by atoms with Crippen LogP contribution in [0.4, 0.5) is 11.4 Å². The molecule has 2 aromatic rings. The van der Waals surface area contributed by atoms with Gasteiger partial charge >= 0.3 is 0 Å². The fraction of sp³-hybridized carbons (Fsp3) is 0.0909. The third-order valence-electron chi connectivity index (χ3n) is 2.10. The third kappa shape index (κ3) is 1.59. The van der Waals surface area contributed by atoms with Gasteiger partial charge in [-0.2, -0.15) is 0 Å². The van der Waals surface area contributed by atoms with Crippen molar-refractivity contribution in [2.75, 3.05) is 18.1 Å². The number of rotatable bonds is 2. The summed E-state index contributed by atoms with van der Waals surface area (Å²) in [7, 11) is 1.92. The van der Waals surface area contributed by atoms with Crippen LogP contribution in [-0.2, 0) is 0 Å². The van der Waals surface area contributed by atoms with Gasteiger partial charge in [0.1, 0.15) is 0 Å². The van der Waals surface area contributed by atoms with Gasteiger partial charge in [0.15, 0.2) is 0 Å². The van der Waals surface area contributed by atoms with E-state index in [1.54, 1.807) is 11.3 Å². The average molecular weight is 204 g/mol. The Morgan fingerprint density at radius 1 is 1.29 bits per heavy atom. The fourth-order valence-corrected chi connectivity index (χ4v) is 2.17. The Balaban J connectivity index is 2.55. The van der Waals surface area contributed by atoms with Crippen molar-refractivity contribution in [3.05, 3.63) is 35.7 Å². The molecule has 14 heavy (non-hydrogen) atoms. The number of nitrogens with one attached hydrogen (secondary N) is 1. The molecule has 3 N–H and O–H groups in total. The van der Waals surface area contributed by atoms with E-state index in [1.165, 1.54) is 10.4 Å². The van der Waals surface area contributed by atoms with E-state index in [4.69, 9.17) is 5.73 Å². The van der Waals surface area contributed by atoms with E-state index in [9.17, 15) is 0 Å².